The molecule has 0 N–H and O–H groups in total. The van der Waals surface area contributed by atoms with E-state index in [0.29, 0.717) is 0 Å². The van der Waals surface area contributed by atoms with Crippen LogP contribution in [0.2, 0.25) is 0 Å². The molecule has 1 nitrogen and oxygen atoms in total. The minimum absolute atomic E-state index is 0.245. The molecule has 17 heavy (non-hydrogen) atoms. The second kappa shape index (κ2) is 5.90. The minimum atomic E-state index is -4.36. The Kier molecular flexibility index (Phi) is 5.05. The monoisotopic (exact) mass is 336 g/mol. The summed E-state index contributed by atoms with van der Waals surface area (Å²) in [6, 6.07) is 2.04. The first-order chi connectivity index (χ1) is 7.79. The first-order valence-corrected chi connectivity index (χ1v) is 6.05. The van der Waals surface area contributed by atoms with Gasteiger partial charge in [0.2, 0.25) is 5.82 Å². The Hall–Kier alpha value is -0.500. The van der Waals surface area contributed by atoms with Gasteiger partial charge < -0.3 is 4.74 Å². The Morgan fingerprint density at radius 3 is 2.47 bits per heavy atom. The highest BCUT2D eigenvalue weighted by Gasteiger charge is 2.27. The molecular weight excluding hydrogens is 331 g/mol. The van der Waals surface area contributed by atoms with E-state index in [1.54, 1.807) is 0 Å². The van der Waals surface area contributed by atoms with E-state index in [1.165, 1.54) is 0 Å². The van der Waals surface area contributed by atoms with Crippen LogP contribution in [0.1, 0.15) is 0 Å². The summed E-state index contributed by atoms with van der Waals surface area (Å²) in [6.45, 7) is -0.364. The number of hydrogen-bond donors (Lipinski definition) is 0. The molecule has 0 radical (unpaired) electrons. The van der Waals surface area contributed by atoms with E-state index in [9.17, 15) is 22.0 Å². The third-order valence-electron chi connectivity index (χ3n) is 1.57. The summed E-state index contributed by atoms with van der Waals surface area (Å²) in [5.74, 6) is -3.15. The van der Waals surface area contributed by atoms with Gasteiger partial charge in [-0.15, -0.1) is 0 Å². The van der Waals surface area contributed by atoms with E-state index in [0.717, 1.165) is 12.1 Å². The van der Waals surface area contributed by atoms with Crippen LogP contribution in [-0.4, -0.2) is 17.9 Å². The number of ether oxygens (including phenoxy) is 1. The normalized spacial score (nSPS) is 11.6. The van der Waals surface area contributed by atoms with Crippen LogP contribution < -0.4 is 4.74 Å². The molecule has 0 atom stereocenters. The molecule has 0 saturated heterocycles. The molecule has 0 amide bonds. The van der Waals surface area contributed by atoms with Crippen LogP contribution in [0.25, 0.3) is 0 Å². The molecular formula is C9H6BrF5OS. The predicted molar refractivity (Wildman–Crippen MR) is 58.1 cm³/mol. The SMILES string of the molecule is Fc1cc(Br)cc(OCCSC(F)(F)F)c1F. The van der Waals surface area contributed by atoms with Gasteiger partial charge in [-0.25, -0.2) is 4.39 Å². The van der Waals surface area contributed by atoms with Gasteiger partial charge in [0.25, 0.3) is 0 Å². The van der Waals surface area contributed by atoms with Gasteiger partial charge in [-0.05, 0) is 23.9 Å². The summed E-state index contributed by atoms with van der Waals surface area (Å²) < 4.78 is 66.2. The van der Waals surface area contributed by atoms with E-state index in [2.05, 4.69) is 15.9 Å². The smallest absolute Gasteiger partial charge is 0.441 e. The lowest BCUT2D eigenvalue weighted by atomic mass is 10.3. The van der Waals surface area contributed by atoms with Crippen LogP contribution in [0.5, 0.6) is 5.75 Å². The largest absolute Gasteiger partial charge is 0.489 e. The van der Waals surface area contributed by atoms with Crippen LogP contribution in [0.4, 0.5) is 22.0 Å². The number of halogens is 6. The van der Waals surface area contributed by atoms with Crippen molar-refractivity contribution in [1.29, 1.82) is 0 Å². The molecule has 0 aromatic heterocycles. The van der Waals surface area contributed by atoms with Crippen molar-refractivity contribution in [3.05, 3.63) is 28.2 Å². The lowest BCUT2D eigenvalue weighted by molar-refractivity contribution is -0.0329. The fourth-order valence-corrected chi connectivity index (χ4v) is 1.75. The van der Waals surface area contributed by atoms with Gasteiger partial charge in [0.05, 0.1) is 6.61 Å². The van der Waals surface area contributed by atoms with Crippen LogP contribution in [0.15, 0.2) is 16.6 Å². The zero-order valence-corrected chi connectivity index (χ0v) is 10.6. The quantitative estimate of drug-likeness (QED) is 0.459. The number of hydrogen-bond acceptors (Lipinski definition) is 2. The standard InChI is InChI=1S/C9H6BrF5OS/c10-5-3-6(11)8(12)7(4-5)16-1-2-17-9(13,14)15/h3-4H,1-2H2. The fourth-order valence-electron chi connectivity index (χ4n) is 0.946. The van der Waals surface area contributed by atoms with Crippen molar-refractivity contribution in [2.24, 2.45) is 0 Å². The molecule has 0 aliphatic rings. The molecule has 0 heterocycles. The van der Waals surface area contributed by atoms with Crippen molar-refractivity contribution < 1.29 is 26.7 Å². The molecule has 0 saturated carbocycles. The summed E-state index contributed by atoms with van der Waals surface area (Å²) in [5, 5.41) is 0. The highest BCUT2D eigenvalue weighted by molar-refractivity contribution is 9.10. The fraction of sp³-hybridized carbons (Fsp3) is 0.333. The van der Waals surface area contributed by atoms with E-state index in [1.807, 2.05) is 0 Å². The lowest BCUT2D eigenvalue weighted by Gasteiger charge is -2.09. The molecule has 96 valence electrons. The van der Waals surface area contributed by atoms with Gasteiger partial charge in [0.1, 0.15) is 0 Å². The Morgan fingerprint density at radius 2 is 1.88 bits per heavy atom. The summed E-state index contributed by atoms with van der Waals surface area (Å²) >= 11 is 2.63. The van der Waals surface area contributed by atoms with E-state index in [4.69, 9.17) is 4.74 Å². The van der Waals surface area contributed by atoms with Gasteiger partial charge in [-0.1, -0.05) is 15.9 Å². The maximum absolute atomic E-state index is 13.1. The van der Waals surface area contributed by atoms with Crippen LogP contribution in [0, 0.1) is 11.6 Å². The van der Waals surface area contributed by atoms with Gasteiger partial charge in [-0.2, -0.15) is 17.6 Å². The Bertz CT molecular complexity index is 396. The zero-order valence-electron chi connectivity index (χ0n) is 8.15. The topological polar surface area (TPSA) is 9.23 Å². The number of alkyl halides is 3. The van der Waals surface area contributed by atoms with Crippen LogP contribution in [0.3, 0.4) is 0 Å². The molecule has 0 fully saturated rings. The van der Waals surface area contributed by atoms with Crippen molar-refractivity contribution in [2.75, 3.05) is 12.4 Å². The minimum Gasteiger partial charge on any atom is -0.489 e. The molecule has 0 spiro atoms. The average molecular weight is 337 g/mol. The molecule has 0 unspecified atom stereocenters. The first-order valence-electron chi connectivity index (χ1n) is 4.27. The lowest BCUT2D eigenvalue weighted by Crippen LogP contribution is -2.08. The molecule has 0 bridgehead atoms. The Morgan fingerprint density at radius 1 is 1.24 bits per heavy atom. The maximum Gasteiger partial charge on any atom is 0.441 e. The second-order valence-electron chi connectivity index (χ2n) is 2.84. The van der Waals surface area contributed by atoms with Crippen molar-refractivity contribution in [2.45, 2.75) is 5.51 Å². The maximum atomic E-state index is 13.1. The third-order valence-corrected chi connectivity index (χ3v) is 2.72. The van der Waals surface area contributed by atoms with E-state index >= 15 is 0 Å². The highest BCUT2D eigenvalue weighted by Crippen LogP contribution is 2.30. The molecule has 1 rings (SSSR count). The van der Waals surface area contributed by atoms with Crippen molar-refractivity contribution >= 4 is 27.7 Å². The molecule has 8 heteroatoms. The Labute approximate surface area is 106 Å². The molecule has 1 aromatic carbocycles. The summed E-state index contributed by atoms with van der Waals surface area (Å²) in [5.41, 5.74) is -4.36. The van der Waals surface area contributed by atoms with Gasteiger partial charge in [0, 0.05) is 10.2 Å². The molecule has 0 aliphatic heterocycles. The zero-order chi connectivity index (χ0) is 13.1. The number of thioether (sulfide) groups is 1. The summed E-state index contributed by atoms with van der Waals surface area (Å²) in [4.78, 5) is 0. The van der Waals surface area contributed by atoms with Crippen molar-refractivity contribution in [3.8, 4) is 5.75 Å². The second-order valence-corrected chi connectivity index (χ2v) is 4.92. The van der Waals surface area contributed by atoms with E-state index in [-0.39, 0.29) is 22.8 Å². The van der Waals surface area contributed by atoms with Crippen LogP contribution >= 0.6 is 27.7 Å². The Balaban J connectivity index is 2.52. The first kappa shape index (κ1) is 14.6. The number of benzene rings is 1. The van der Waals surface area contributed by atoms with Crippen molar-refractivity contribution in [1.82, 2.24) is 0 Å². The number of rotatable bonds is 4. The molecule has 0 aliphatic carbocycles. The summed E-state index contributed by atoms with van der Waals surface area (Å²) in [6.07, 6.45) is 0. The summed E-state index contributed by atoms with van der Waals surface area (Å²) in [7, 11) is 0. The van der Waals surface area contributed by atoms with Crippen LogP contribution in [-0.2, 0) is 0 Å². The van der Waals surface area contributed by atoms with Gasteiger partial charge in [-0.3, -0.25) is 0 Å². The predicted octanol–water partition coefficient (Wildman–Crippen LogP) is 4.36. The van der Waals surface area contributed by atoms with Crippen molar-refractivity contribution in [3.63, 3.8) is 0 Å². The molecule has 1 aromatic rings. The third kappa shape index (κ3) is 5.12. The van der Waals surface area contributed by atoms with E-state index < -0.39 is 28.6 Å². The van der Waals surface area contributed by atoms with Gasteiger partial charge >= 0.3 is 5.51 Å². The highest BCUT2D eigenvalue weighted by atomic mass is 79.9. The van der Waals surface area contributed by atoms with Gasteiger partial charge in [0.15, 0.2) is 11.6 Å². The average Bonchev–Trinajstić information content (AvgIpc) is 2.18.